The van der Waals surface area contributed by atoms with Crippen molar-refractivity contribution in [1.82, 2.24) is 9.97 Å². The molecule has 4 N–H and O–H groups in total. The van der Waals surface area contributed by atoms with Crippen LogP contribution in [-0.2, 0) is 6.42 Å². The molecule has 5 nitrogen and oxygen atoms in total. The predicted octanol–water partition coefficient (Wildman–Crippen LogP) is 0.500. The molecule has 1 aromatic heterocycles. The van der Waals surface area contributed by atoms with Gasteiger partial charge in [-0.2, -0.15) is 0 Å². The number of nitrogens with two attached hydrogens (primary N) is 2. The number of carbonyl (C=O) groups is 1. The molecule has 0 radical (unpaired) electrons. The fourth-order valence-corrected chi connectivity index (χ4v) is 1.68. The van der Waals surface area contributed by atoms with E-state index in [9.17, 15) is 4.79 Å². The summed E-state index contributed by atoms with van der Waals surface area (Å²) in [5.74, 6) is 1.00. The van der Waals surface area contributed by atoms with Crippen LogP contribution in [0.5, 0.6) is 0 Å². The van der Waals surface area contributed by atoms with Gasteiger partial charge < -0.3 is 11.5 Å². The molecule has 0 saturated heterocycles. The maximum absolute atomic E-state index is 10.9. The van der Waals surface area contributed by atoms with Gasteiger partial charge in [0.1, 0.15) is 11.6 Å². The Morgan fingerprint density at radius 1 is 1.53 bits per heavy atom. The summed E-state index contributed by atoms with van der Waals surface area (Å²) >= 11 is 0. The first-order valence-corrected chi connectivity index (χ1v) is 5.08. The molecular weight excluding hydrogens is 192 g/mol. The number of nitrogen functional groups attached to an aromatic ring is 1. The summed E-state index contributed by atoms with van der Waals surface area (Å²) in [6, 6.07) is 0. The van der Waals surface area contributed by atoms with Crippen LogP contribution >= 0.6 is 0 Å². The maximum Gasteiger partial charge on any atom is 0.254 e. The second-order valence-corrected chi connectivity index (χ2v) is 3.95. The van der Waals surface area contributed by atoms with Crippen molar-refractivity contribution in [3.63, 3.8) is 0 Å². The summed E-state index contributed by atoms with van der Waals surface area (Å²) in [4.78, 5) is 19.1. The number of anilines is 1. The minimum atomic E-state index is -0.581. The zero-order chi connectivity index (χ0) is 10.8. The first kappa shape index (κ1) is 9.89. The number of primary amides is 1. The van der Waals surface area contributed by atoms with Crippen LogP contribution in [0.4, 0.5) is 5.82 Å². The molecule has 0 aromatic carbocycles. The lowest BCUT2D eigenvalue weighted by Crippen LogP contribution is -2.19. The van der Waals surface area contributed by atoms with E-state index in [4.69, 9.17) is 11.5 Å². The van der Waals surface area contributed by atoms with Gasteiger partial charge in [0.25, 0.3) is 5.91 Å². The molecule has 80 valence electrons. The van der Waals surface area contributed by atoms with Crippen molar-refractivity contribution in [2.75, 3.05) is 5.73 Å². The molecule has 0 spiro atoms. The van der Waals surface area contributed by atoms with Crippen molar-refractivity contribution >= 4 is 11.7 Å². The Kier molecular flexibility index (Phi) is 2.53. The van der Waals surface area contributed by atoms with Crippen molar-refractivity contribution in [1.29, 1.82) is 0 Å². The second kappa shape index (κ2) is 3.84. The van der Waals surface area contributed by atoms with Gasteiger partial charge in [-0.05, 0) is 5.92 Å². The maximum atomic E-state index is 10.9. The van der Waals surface area contributed by atoms with Crippen molar-refractivity contribution in [2.24, 2.45) is 11.7 Å². The van der Waals surface area contributed by atoms with Crippen LogP contribution in [0.15, 0.2) is 6.20 Å². The largest absolute Gasteiger partial charge is 0.383 e. The molecule has 1 heterocycles. The monoisotopic (exact) mass is 206 g/mol. The Morgan fingerprint density at radius 2 is 2.27 bits per heavy atom. The molecule has 1 saturated carbocycles. The number of nitrogens with zero attached hydrogens (tertiary/aromatic N) is 2. The zero-order valence-corrected chi connectivity index (χ0v) is 8.44. The number of hydrogen-bond acceptors (Lipinski definition) is 4. The topological polar surface area (TPSA) is 94.9 Å². The van der Waals surface area contributed by atoms with E-state index >= 15 is 0 Å². The van der Waals surface area contributed by atoms with E-state index in [1.165, 1.54) is 25.5 Å². The Labute approximate surface area is 87.9 Å². The molecule has 5 heteroatoms. The van der Waals surface area contributed by atoms with E-state index < -0.39 is 5.91 Å². The highest BCUT2D eigenvalue weighted by molar-refractivity contribution is 5.96. The van der Waals surface area contributed by atoms with E-state index in [0.717, 1.165) is 6.42 Å². The normalized spacial score (nSPS) is 16.0. The van der Waals surface area contributed by atoms with E-state index in [-0.39, 0.29) is 11.4 Å². The van der Waals surface area contributed by atoms with Gasteiger partial charge in [0.2, 0.25) is 0 Å². The number of aromatic nitrogens is 2. The second-order valence-electron chi connectivity index (χ2n) is 3.95. The van der Waals surface area contributed by atoms with Gasteiger partial charge in [-0.1, -0.05) is 19.3 Å². The molecule has 1 amide bonds. The van der Waals surface area contributed by atoms with Crippen molar-refractivity contribution in [2.45, 2.75) is 25.7 Å². The molecule has 15 heavy (non-hydrogen) atoms. The Hall–Kier alpha value is -1.65. The average Bonchev–Trinajstić information content (AvgIpc) is 2.11. The van der Waals surface area contributed by atoms with Crippen LogP contribution in [0.3, 0.4) is 0 Å². The fraction of sp³-hybridized carbons (Fsp3) is 0.500. The third-order valence-electron chi connectivity index (χ3n) is 2.83. The quantitative estimate of drug-likeness (QED) is 0.752. The first-order chi connectivity index (χ1) is 7.16. The van der Waals surface area contributed by atoms with Gasteiger partial charge in [0.15, 0.2) is 0 Å². The molecule has 0 unspecified atom stereocenters. The van der Waals surface area contributed by atoms with Crippen LogP contribution in [-0.4, -0.2) is 15.9 Å². The minimum Gasteiger partial charge on any atom is -0.383 e. The molecule has 0 aliphatic heterocycles. The summed E-state index contributed by atoms with van der Waals surface area (Å²) in [5.41, 5.74) is 10.9. The Morgan fingerprint density at radius 3 is 2.73 bits per heavy atom. The van der Waals surface area contributed by atoms with Gasteiger partial charge in [-0.25, -0.2) is 9.97 Å². The van der Waals surface area contributed by atoms with E-state index in [1.54, 1.807) is 0 Å². The van der Waals surface area contributed by atoms with E-state index in [1.807, 2.05) is 0 Å². The summed E-state index contributed by atoms with van der Waals surface area (Å²) in [5, 5.41) is 0. The van der Waals surface area contributed by atoms with Gasteiger partial charge in [-0.15, -0.1) is 0 Å². The molecule has 1 aliphatic carbocycles. The highest BCUT2D eigenvalue weighted by atomic mass is 16.1. The molecule has 1 aliphatic rings. The van der Waals surface area contributed by atoms with Gasteiger partial charge in [-0.3, -0.25) is 4.79 Å². The highest BCUT2D eigenvalue weighted by Crippen LogP contribution is 2.28. The molecule has 1 aromatic rings. The molecule has 1 fully saturated rings. The lowest BCUT2D eigenvalue weighted by molar-refractivity contribution is 0.100. The van der Waals surface area contributed by atoms with Crippen LogP contribution < -0.4 is 11.5 Å². The van der Waals surface area contributed by atoms with Crippen LogP contribution in [0.25, 0.3) is 0 Å². The smallest absolute Gasteiger partial charge is 0.254 e. The fourth-order valence-electron chi connectivity index (χ4n) is 1.68. The van der Waals surface area contributed by atoms with E-state index in [0.29, 0.717) is 11.7 Å². The van der Waals surface area contributed by atoms with Crippen molar-refractivity contribution < 1.29 is 4.79 Å². The summed E-state index contributed by atoms with van der Waals surface area (Å²) in [6.45, 7) is 0. The van der Waals surface area contributed by atoms with Crippen LogP contribution in [0, 0.1) is 5.92 Å². The zero-order valence-electron chi connectivity index (χ0n) is 8.44. The SMILES string of the molecule is NC(=O)c1cnc(CC2CCC2)nc1N. The Balaban J connectivity index is 2.13. The van der Waals surface area contributed by atoms with Crippen molar-refractivity contribution in [3.8, 4) is 0 Å². The average molecular weight is 206 g/mol. The highest BCUT2D eigenvalue weighted by Gasteiger charge is 2.19. The predicted molar refractivity (Wildman–Crippen MR) is 56.0 cm³/mol. The number of amides is 1. The number of carbonyl (C=O) groups excluding carboxylic acids is 1. The summed E-state index contributed by atoms with van der Waals surface area (Å²) in [6.07, 6.45) is 6.03. The van der Waals surface area contributed by atoms with Crippen molar-refractivity contribution in [3.05, 3.63) is 17.6 Å². The molecule has 0 atom stereocenters. The van der Waals surface area contributed by atoms with Crippen LogP contribution in [0.1, 0.15) is 35.4 Å². The number of rotatable bonds is 3. The Bertz CT molecular complexity index is 387. The third-order valence-corrected chi connectivity index (χ3v) is 2.83. The lowest BCUT2D eigenvalue weighted by Gasteiger charge is -2.24. The molecule has 0 bridgehead atoms. The lowest BCUT2D eigenvalue weighted by atomic mass is 9.83. The first-order valence-electron chi connectivity index (χ1n) is 5.08. The summed E-state index contributed by atoms with van der Waals surface area (Å²) in [7, 11) is 0. The minimum absolute atomic E-state index is 0.187. The van der Waals surface area contributed by atoms with Gasteiger partial charge >= 0.3 is 0 Å². The molecular formula is C10H14N4O. The van der Waals surface area contributed by atoms with Gasteiger partial charge in [0, 0.05) is 12.6 Å². The standard InChI is InChI=1S/C10H14N4O/c11-9-7(10(12)15)5-13-8(14-9)4-6-2-1-3-6/h5-6H,1-4H2,(H2,12,15)(H2,11,13,14). The van der Waals surface area contributed by atoms with Gasteiger partial charge in [0.05, 0.1) is 5.56 Å². The van der Waals surface area contributed by atoms with Crippen LogP contribution in [0.2, 0.25) is 0 Å². The van der Waals surface area contributed by atoms with E-state index in [2.05, 4.69) is 9.97 Å². The summed E-state index contributed by atoms with van der Waals surface area (Å²) < 4.78 is 0. The third kappa shape index (κ3) is 2.06. The molecule has 2 rings (SSSR count). The number of hydrogen-bond donors (Lipinski definition) is 2.